The average molecular weight is 133 g/mol. The number of hydrogen-bond acceptors (Lipinski definition) is 1. The largest absolute Gasteiger partial charge is 0.291 e. The molecule has 0 aromatic carbocycles. The van der Waals surface area contributed by atoms with Crippen LogP contribution in [0.3, 0.4) is 0 Å². The lowest BCUT2D eigenvalue weighted by atomic mass is 10.1. The van der Waals surface area contributed by atoms with Crippen LogP contribution in [0.15, 0.2) is 0 Å². The van der Waals surface area contributed by atoms with E-state index in [4.69, 9.17) is 0 Å². The van der Waals surface area contributed by atoms with E-state index in [0.29, 0.717) is 6.42 Å². The fourth-order valence-corrected chi connectivity index (χ4v) is 1.05. The molecule has 1 fully saturated rings. The van der Waals surface area contributed by atoms with Gasteiger partial charge in [0.1, 0.15) is 0 Å². The van der Waals surface area contributed by atoms with Gasteiger partial charge < -0.3 is 0 Å². The Morgan fingerprint density at radius 1 is 1.56 bits per heavy atom. The first kappa shape index (κ1) is 6.65. The Morgan fingerprint density at radius 2 is 2.22 bits per heavy atom. The van der Waals surface area contributed by atoms with Gasteiger partial charge >= 0.3 is 0 Å². The van der Waals surface area contributed by atoms with E-state index >= 15 is 0 Å². The second kappa shape index (κ2) is 2.05. The summed E-state index contributed by atoms with van der Waals surface area (Å²) in [6.45, 7) is 0. The third kappa shape index (κ3) is 1.47. The monoisotopic (exact) mass is 133 g/mol. The van der Waals surface area contributed by atoms with E-state index in [0.717, 1.165) is 0 Å². The highest BCUT2D eigenvalue weighted by atomic mass is 19.3. The van der Waals surface area contributed by atoms with E-state index in [1.165, 1.54) is 0 Å². The number of alkyl halides is 2. The van der Waals surface area contributed by atoms with E-state index < -0.39 is 11.8 Å². The molecule has 1 aliphatic carbocycles. The van der Waals surface area contributed by atoms with Crippen molar-refractivity contribution in [1.29, 1.82) is 0 Å². The number of hydrogen-bond donors (Lipinski definition) is 0. The molecule has 3 heteroatoms. The molecule has 0 saturated heterocycles. The second-order valence-electron chi connectivity index (χ2n) is 2.41. The molecule has 1 saturated carbocycles. The van der Waals surface area contributed by atoms with Crippen LogP contribution in [0, 0.1) is 5.92 Å². The molecular formula is C6H7F2O. The molecule has 1 rings (SSSR count). The zero-order valence-corrected chi connectivity index (χ0v) is 4.86. The van der Waals surface area contributed by atoms with Gasteiger partial charge in [-0.05, 0) is 6.42 Å². The van der Waals surface area contributed by atoms with Crippen molar-refractivity contribution in [2.45, 2.75) is 25.2 Å². The summed E-state index contributed by atoms with van der Waals surface area (Å²) in [6, 6.07) is 0. The first-order valence-corrected chi connectivity index (χ1v) is 2.89. The second-order valence-corrected chi connectivity index (χ2v) is 2.41. The quantitative estimate of drug-likeness (QED) is 0.530. The smallest absolute Gasteiger partial charge is 0.248 e. The van der Waals surface area contributed by atoms with Gasteiger partial charge in [-0.2, -0.15) is 0 Å². The summed E-state index contributed by atoms with van der Waals surface area (Å²) in [5.74, 6) is -3.11. The van der Waals surface area contributed by atoms with E-state index in [-0.39, 0.29) is 12.8 Å². The molecule has 1 aliphatic rings. The van der Waals surface area contributed by atoms with Crippen LogP contribution in [-0.2, 0) is 4.79 Å². The molecule has 1 radical (unpaired) electrons. The minimum absolute atomic E-state index is 0.146. The van der Waals surface area contributed by atoms with Crippen LogP contribution in [0.5, 0.6) is 0 Å². The van der Waals surface area contributed by atoms with Crippen LogP contribution < -0.4 is 0 Å². The molecule has 0 heterocycles. The first-order valence-electron chi connectivity index (χ1n) is 2.89. The lowest BCUT2D eigenvalue weighted by Crippen LogP contribution is -2.09. The summed E-state index contributed by atoms with van der Waals surface area (Å²) in [6.07, 6.45) is 1.45. The number of carbonyl (C=O) groups excluding carboxylic acids is 1. The third-order valence-corrected chi connectivity index (χ3v) is 1.57. The van der Waals surface area contributed by atoms with Crippen LogP contribution in [0.2, 0.25) is 0 Å². The van der Waals surface area contributed by atoms with E-state index in [1.807, 2.05) is 0 Å². The summed E-state index contributed by atoms with van der Waals surface area (Å²) >= 11 is 0. The number of rotatable bonds is 1. The molecule has 0 bridgehead atoms. The van der Waals surface area contributed by atoms with Crippen molar-refractivity contribution in [3.05, 3.63) is 0 Å². The molecule has 1 nitrogen and oxygen atoms in total. The summed E-state index contributed by atoms with van der Waals surface area (Å²) < 4.78 is 24.4. The molecule has 0 aromatic heterocycles. The fraction of sp³-hybridized carbons (Fsp3) is 0.833. The highest BCUT2D eigenvalue weighted by molar-refractivity contribution is 5.55. The SMILES string of the molecule is O=[C]C1CCC(F)(F)C1. The van der Waals surface area contributed by atoms with Crippen LogP contribution in [0.1, 0.15) is 19.3 Å². The first-order chi connectivity index (χ1) is 4.14. The maximum absolute atomic E-state index is 12.2. The minimum Gasteiger partial charge on any atom is -0.291 e. The zero-order chi connectivity index (χ0) is 6.91. The van der Waals surface area contributed by atoms with Gasteiger partial charge in [-0.1, -0.05) is 0 Å². The van der Waals surface area contributed by atoms with Gasteiger partial charge in [0.15, 0.2) is 0 Å². The standard InChI is InChI=1S/C6H7F2O/c7-6(8)2-1-5(3-6)4-9/h5H,1-3H2. The highest BCUT2D eigenvalue weighted by Gasteiger charge is 2.39. The molecule has 0 aliphatic heterocycles. The summed E-state index contributed by atoms with van der Waals surface area (Å²) in [4.78, 5) is 9.84. The zero-order valence-electron chi connectivity index (χ0n) is 4.86. The molecule has 1 unspecified atom stereocenters. The lowest BCUT2D eigenvalue weighted by Gasteiger charge is -2.04. The van der Waals surface area contributed by atoms with Gasteiger partial charge in [0, 0.05) is 18.8 Å². The molecule has 0 amide bonds. The van der Waals surface area contributed by atoms with Crippen molar-refractivity contribution < 1.29 is 13.6 Å². The fourth-order valence-electron chi connectivity index (χ4n) is 1.05. The van der Waals surface area contributed by atoms with Crippen molar-refractivity contribution in [2.24, 2.45) is 5.92 Å². The van der Waals surface area contributed by atoms with Crippen molar-refractivity contribution in [2.75, 3.05) is 0 Å². The molecule has 1 atom stereocenters. The summed E-state index contributed by atoms with van der Waals surface area (Å²) in [5, 5.41) is 0. The molecule has 0 spiro atoms. The van der Waals surface area contributed by atoms with Gasteiger partial charge in [0.25, 0.3) is 0 Å². The maximum atomic E-state index is 12.2. The van der Waals surface area contributed by atoms with Crippen LogP contribution in [0.25, 0.3) is 0 Å². The molecule has 0 N–H and O–H groups in total. The average Bonchev–Trinajstić information content (AvgIpc) is 2.10. The third-order valence-electron chi connectivity index (χ3n) is 1.57. The van der Waals surface area contributed by atoms with Crippen molar-refractivity contribution in [3.8, 4) is 0 Å². The van der Waals surface area contributed by atoms with E-state index in [9.17, 15) is 13.6 Å². The van der Waals surface area contributed by atoms with Gasteiger partial charge in [0.2, 0.25) is 12.2 Å². The molecule has 9 heavy (non-hydrogen) atoms. The number of halogens is 2. The Balaban J connectivity index is 2.47. The highest BCUT2D eigenvalue weighted by Crippen LogP contribution is 2.37. The van der Waals surface area contributed by atoms with Gasteiger partial charge in [0.05, 0.1) is 0 Å². The normalized spacial score (nSPS) is 32.4. The van der Waals surface area contributed by atoms with Crippen LogP contribution in [-0.4, -0.2) is 12.2 Å². The van der Waals surface area contributed by atoms with E-state index in [2.05, 4.69) is 0 Å². The predicted molar refractivity (Wildman–Crippen MR) is 28.0 cm³/mol. The minimum atomic E-state index is -2.60. The summed E-state index contributed by atoms with van der Waals surface area (Å²) in [5.41, 5.74) is 0. The maximum Gasteiger partial charge on any atom is 0.248 e. The Labute approximate surface area is 52.1 Å². The van der Waals surface area contributed by atoms with Crippen molar-refractivity contribution in [3.63, 3.8) is 0 Å². The Morgan fingerprint density at radius 3 is 2.44 bits per heavy atom. The lowest BCUT2D eigenvalue weighted by molar-refractivity contribution is 0.00728. The Hall–Kier alpha value is -0.470. The van der Waals surface area contributed by atoms with E-state index in [1.54, 1.807) is 6.29 Å². The Bertz CT molecular complexity index is 122. The predicted octanol–water partition coefficient (Wildman–Crippen LogP) is 1.53. The van der Waals surface area contributed by atoms with Crippen LogP contribution >= 0.6 is 0 Å². The molecule has 51 valence electrons. The van der Waals surface area contributed by atoms with Gasteiger partial charge in [-0.3, -0.25) is 4.79 Å². The Kier molecular flexibility index (Phi) is 1.51. The van der Waals surface area contributed by atoms with Crippen LogP contribution in [0.4, 0.5) is 8.78 Å². The molecular weight excluding hydrogens is 126 g/mol. The van der Waals surface area contributed by atoms with Gasteiger partial charge in [-0.25, -0.2) is 8.78 Å². The topological polar surface area (TPSA) is 17.1 Å². The van der Waals surface area contributed by atoms with Gasteiger partial charge in [-0.15, -0.1) is 0 Å². The summed E-state index contributed by atoms with van der Waals surface area (Å²) in [7, 11) is 0. The van der Waals surface area contributed by atoms with Crippen molar-refractivity contribution >= 4 is 6.29 Å². The van der Waals surface area contributed by atoms with Crippen molar-refractivity contribution in [1.82, 2.24) is 0 Å². The molecule has 0 aromatic rings.